The van der Waals surface area contributed by atoms with E-state index in [0.29, 0.717) is 37.8 Å². The molecule has 0 saturated heterocycles. The van der Waals surface area contributed by atoms with E-state index in [1.165, 1.54) is 20.4 Å². The van der Waals surface area contributed by atoms with Crippen LogP contribution in [-0.2, 0) is 20.9 Å². The molecular formula is C32H32BrClN4O8. The standard InChI is InChI=1S/C32H32BrClN4O8/c1-5-44-31(40)29-18(2)36-32(41)37-30(29)19-10-11-24(25(12-19)42-3)46-17-28(39)38-35-15-21-13-26(43-4)27(14-22(21)33)45-16-20-8-6-7-9-23(20)34/h6-15,30H,5,16-17H2,1-4H3,(H,38,39)(H2,36,37,41)/b35-15-/t30-/m0/s1. The van der Waals surface area contributed by atoms with Gasteiger partial charge in [0.15, 0.2) is 29.6 Å². The number of nitrogens with zero attached hydrogens (tertiary/aromatic N) is 1. The first-order valence-electron chi connectivity index (χ1n) is 14.0. The molecule has 0 fully saturated rings. The summed E-state index contributed by atoms with van der Waals surface area (Å²) < 4.78 is 28.4. The summed E-state index contributed by atoms with van der Waals surface area (Å²) in [4.78, 5) is 37.3. The number of esters is 1. The van der Waals surface area contributed by atoms with Gasteiger partial charge in [-0.05, 0) is 65.7 Å². The zero-order valence-electron chi connectivity index (χ0n) is 25.4. The number of hydrogen-bond donors (Lipinski definition) is 3. The molecule has 3 amide bonds. The molecule has 46 heavy (non-hydrogen) atoms. The van der Waals surface area contributed by atoms with Crippen molar-refractivity contribution < 1.29 is 38.1 Å². The van der Waals surface area contributed by atoms with Gasteiger partial charge in [0.1, 0.15) is 6.61 Å². The number of halogens is 2. The van der Waals surface area contributed by atoms with E-state index in [1.807, 2.05) is 18.2 Å². The smallest absolute Gasteiger partial charge is 0.338 e. The summed E-state index contributed by atoms with van der Waals surface area (Å²) in [6.45, 7) is 3.37. The minimum Gasteiger partial charge on any atom is -0.493 e. The van der Waals surface area contributed by atoms with Crippen molar-refractivity contribution in [3.63, 3.8) is 0 Å². The van der Waals surface area contributed by atoms with Crippen molar-refractivity contribution >= 4 is 51.7 Å². The maximum atomic E-state index is 12.6. The molecule has 3 aromatic rings. The third-order valence-electron chi connectivity index (χ3n) is 6.66. The lowest BCUT2D eigenvalue weighted by molar-refractivity contribution is -0.139. The molecule has 1 atom stereocenters. The van der Waals surface area contributed by atoms with Crippen molar-refractivity contribution in [1.82, 2.24) is 16.1 Å². The Morgan fingerprint density at radius 3 is 2.48 bits per heavy atom. The molecule has 0 spiro atoms. The van der Waals surface area contributed by atoms with E-state index < -0.39 is 23.9 Å². The van der Waals surface area contributed by atoms with E-state index >= 15 is 0 Å². The van der Waals surface area contributed by atoms with Crippen LogP contribution in [0.15, 0.2) is 75.4 Å². The Labute approximate surface area is 279 Å². The summed E-state index contributed by atoms with van der Waals surface area (Å²) in [5, 5.41) is 9.94. The first kappa shape index (κ1) is 34.1. The predicted molar refractivity (Wildman–Crippen MR) is 174 cm³/mol. The fraction of sp³-hybridized carbons (Fsp3) is 0.250. The van der Waals surface area contributed by atoms with Gasteiger partial charge < -0.3 is 34.3 Å². The number of nitrogens with one attached hydrogen (secondary N) is 3. The van der Waals surface area contributed by atoms with Crippen LogP contribution in [0.3, 0.4) is 0 Å². The number of carbonyl (C=O) groups is 3. The van der Waals surface area contributed by atoms with E-state index in [9.17, 15) is 14.4 Å². The van der Waals surface area contributed by atoms with Crippen LogP contribution in [0.1, 0.15) is 36.6 Å². The zero-order valence-corrected chi connectivity index (χ0v) is 27.8. The van der Waals surface area contributed by atoms with Crippen LogP contribution in [0.2, 0.25) is 5.02 Å². The highest BCUT2D eigenvalue weighted by molar-refractivity contribution is 9.10. The number of benzene rings is 3. The van der Waals surface area contributed by atoms with E-state index in [-0.39, 0.29) is 36.9 Å². The highest BCUT2D eigenvalue weighted by Crippen LogP contribution is 2.35. The van der Waals surface area contributed by atoms with Gasteiger partial charge >= 0.3 is 12.0 Å². The van der Waals surface area contributed by atoms with Crippen LogP contribution >= 0.6 is 27.5 Å². The highest BCUT2D eigenvalue weighted by atomic mass is 79.9. The Kier molecular flexibility index (Phi) is 11.9. The SMILES string of the molecule is CCOC(=O)C1=C(C)NC(=O)N[C@H]1c1ccc(OCC(=O)N/N=C\c2cc(OC)c(OCc3ccccc3Cl)cc2Br)c(OC)c1. The Hall–Kier alpha value is -4.75. The molecule has 0 unspecified atom stereocenters. The van der Waals surface area contributed by atoms with Crippen LogP contribution in [0, 0.1) is 0 Å². The lowest BCUT2D eigenvalue weighted by Gasteiger charge is -2.28. The summed E-state index contributed by atoms with van der Waals surface area (Å²) in [6, 6.07) is 14.4. The topological polar surface area (TPSA) is 146 Å². The van der Waals surface area contributed by atoms with Gasteiger partial charge in [-0.2, -0.15) is 5.10 Å². The first-order chi connectivity index (χ1) is 22.1. The van der Waals surface area contributed by atoms with Crippen molar-refractivity contribution in [2.45, 2.75) is 26.5 Å². The van der Waals surface area contributed by atoms with Gasteiger partial charge in [-0.1, -0.05) is 35.9 Å². The summed E-state index contributed by atoms with van der Waals surface area (Å²) in [6.07, 6.45) is 1.45. The van der Waals surface area contributed by atoms with Crippen molar-refractivity contribution in [1.29, 1.82) is 0 Å². The molecule has 3 N–H and O–H groups in total. The fourth-order valence-electron chi connectivity index (χ4n) is 4.45. The number of allylic oxidation sites excluding steroid dienone is 1. The third-order valence-corrected chi connectivity index (χ3v) is 7.72. The highest BCUT2D eigenvalue weighted by Gasteiger charge is 2.32. The maximum Gasteiger partial charge on any atom is 0.338 e. The number of carbonyl (C=O) groups excluding carboxylic acids is 3. The van der Waals surface area contributed by atoms with Crippen LogP contribution in [0.5, 0.6) is 23.0 Å². The van der Waals surface area contributed by atoms with E-state index in [1.54, 1.807) is 50.2 Å². The van der Waals surface area contributed by atoms with E-state index in [0.717, 1.165) is 5.56 Å². The minimum atomic E-state index is -0.783. The van der Waals surface area contributed by atoms with Gasteiger partial charge in [0.2, 0.25) is 0 Å². The lowest BCUT2D eigenvalue weighted by Crippen LogP contribution is -2.45. The molecule has 1 heterocycles. The molecule has 3 aromatic carbocycles. The van der Waals surface area contributed by atoms with Gasteiger partial charge in [-0.3, -0.25) is 4.79 Å². The van der Waals surface area contributed by atoms with Crippen molar-refractivity contribution in [2.24, 2.45) is 5.10 Å². The van der Waals surface area contributed by atoms with Gasteiger partial charge in [0.25, 0.3) is 5.91 Å². The van der Waals surface area contributed by atoms with Gasteiger partial charge in [-0.25, -0.2) is 15.0 Å². The van der Waals surface area contributed by atoms with Crippen LogP contribution in [0.4, 0.5) is 4.79 Å². The van der Waals surface area contributed by atoms with Crippen LogP contribution in [-0.4, -0.2) is 51.6 Å². The summed E-state index contributed by atoms with van der Waals surface area (Å²) in [5.41, 5.74) is 5.07. The molecule has 0 saturated carbocycles. The fourth-order valence-corrected chi connectivity index (χ4v) is 5.06. The summed E-state index contributed by atoms with van der Waals surface area (Å²) in [7, 11) is 2.95. The molecule has 14 heteroatoms. The number of methoxy groups -OCH3 is 2. The molecule has 12 nitrogen and oxygen atoms in total. The quantitative estimate of drug-likeness (QED) is 0.121. The maximum absolute atomic E-state index is 12.6. The van der Waals surface area contributed by atoms with E-state index in [4.69, 9.17) is 35.3 Å². The average molecular weight is 716 g/mol. The van der Waals surface area contributed by atoms with Crippen molar-refractivity contribution in [3.8, 4) is 23.0 Å². The summed E-state index contributed by atoms with van der Waals surface area (Å²) in [5.74, 6) is 0.427. The van der Waals surface area contributed by atoms with Crippen LogP contribution < -0.4 is 35.0 Å². The molecule has 0 radical (unpaired) electrons. The lowest BCUT2D eigenvalue weighted by atomic mass is 9.95. The van der Waals surface area contributed by atoms with Crippen LogP contribution in [0.25, 0.3) is 0 Å². The van der Waals surface area contributed by atoms with Crippen molar-refractivity contribution in [2.75, 3.05) is 27.4 Å². The number of rotatable bonds is 13. The molecule has 1 aliphatic rings. The Balaban J connectivity index is 1.38. The second kappa shape index (κ2) is 16.0. The largest absolute Gasteiger partial charge is 0.493 e. The number of amides is 3. The Morgan fingerprint density at radius 2 is 1.76 bits per heavy atom. The van der Waals surface area contributed by atoms with Gasteiger partial charge in [0.05, 0.1) is 38.7 Å². The monoisotopic (exact) mass is 714 g/mol. The first-order valence-corrected chi connectivity index (χ1v) is 15.1. The van der Waals surface area contributed by atoms with Gasteiger partial charge in [0, 0.05) is 26.3 Å². The molecular weight excluding hydrogens is 684 g/mol. The molecule has 0 aromatic heterocycles. The zero-order chi connectivity index (χ0) is 33.2. The predicted octanol–water partition coefficient (Wildman–Crippen LogP) is 5.42. The van der Waals surface area contributed by atoms with Gasteiger partial charge in [-0.15, -0.1) is 0 Å². The van der Waals surface area contributed by atoms with E-state index in [2.05, 4.69) is 37.1 Å². The molecule has 0 bridgehead atoms. The normalized spacial score (nSPS) is 14.3. The molecule has 4 rings (SSSR count). The number of ether oxygens (including phenoxy) is 5. The molecule has 1 aliphatic heterocycles. The second-order valence-electron chi connectivity index (χ2n) is 9.69. The second-order valence-corrected chi connectivity index (χ2v) is 10.9. The third kappa shape index (κ3) is 8.49. The Morgan fingerprint density at radius 1 is 1.02 bits per heavy atom. The average Bonchev–Trinajstić information content (AvgIpc) is 3.03. The number of hydrazone groups is 1. The molecule has 0 aliphatic carbocycles. The van der Waals surface area contributed by atoms with Crippen molar-refractivity contribution in [3.05, 3.63) is 92.1 Å². The number of urea groups is 1. The number of hydrogen-bond acceptors (Lipinski definition) is 9. The minimum absolute atomic E-state index is 0.177. The summed E-state index contributed by atoms with van der Waals surface area (Å²) >= 11 is 9.72. The Bertz CT molecular complexity index is 1680. The molecule has 242 valence electrons.